The molecule has 1 aromatic heterocycles. The summed E-state index contributed by atoms with van der Waals surface area (Å²) < 4.78 is 1.72. The number of fused-ring (bicyclic) bond motifs is 5. The second-order valence-electron chi connectivity index (χ2n) is 8.30. The summed E-state index contributed by atoms with van der Waals surface area (Å²) >= 11 is 0. The van der Waals surface area contributed by atoms with Crippen molar-refractivity contribution >= 4 is 23.4 Å². The number of hydrogen-bond donors (Lipinski definition) is 1. The van der Waals surface area contributed by atoms with Crippen LogP contribution >= 0.6 is 0 Å². The number of likely N-dealkylation sites (tertiary alicyclic amines) is 1. The number of nitrogens with zero attached hydrogens (tertiary/aromatic N) is 4. The quantitative estimate of drug-likeness (QED) is 0.753. The Labute approximate surface area is 168 Å². The Hall–Kier alpha value is -3.03. The summed E-state index contributed by atoms with van der Waals surface area (Å²) in [4.78, 5) is 43.0. The predicted octanol–water partition coefficient (Wildman–Crippen LogP) is 1.69. The summed E-state index contributed by atoms with van der Waals surface area (Å²) in [6.45, 7) is 0.776. The van der Waals surface area contributed by atoms with Gasteiger partial charge in [0, 0.05) is 18.7 Å². The number of imide groups is 1. The van der Waals surface area contributed by atoms with Crippen molar-refractivity contribution in [3.8, 4) is 0 Å². The Kier molecular flexibility index (Phi) is 4.41. The fraction of sp³-hybridized carbons (Fsp3) is 0.476. The number of carbonyl (C=O) groups excluding carboxylic acids is 3. The van der Waals surface area contributed by atoms with Crippen molar-refractivity contribution in [3.05, 3.63) is 42.5 Å². The van der Waals surface area contributed by atoms with Gasteiger partial charge in [0.25, 0.3) is 0 Å². The smallest absolute Gasteiger partial charge is 0.233 e. The van der Waals surface area contributed by atoms with Crippen LogP contribution in [0.5, 0.6) is 0 Å². The number of aromatic nitrogens is 3. The van der Waals surface area contributed by atoms with Crippen LogP contribution in [0.1, 0.15) is 31.2 Å². The number of rotatable bonds is 6. The van der Waals surface area contributed by atoms with E-state index in [0.29, 0.717) is 24.1 Å². The van der Waals surface area contributed by atoms with Crippen molar-refractivity contribution in [1.82, 2.24) is 19.7 Å². The number of amides is 3. The maximum atomic E-state index is 12.7. The topological polar surface area (TPSA) is 97.2 Å². The molecule has 0 radical (unpaired) electrons. The minimum atomic E-state index is -0.199. The molecule has 2 bridgehead atoms. The molecule has 29 heavy (non-hydrogen) atoms. The van der Waals surface area contributed by atoms with E-state index in [9.17, 15) is 14.4 Å². The Morgan fingerprint density at radius 3 is 2.38 bits per heavy atom. The molecule has 3 amide bonds. The molecule has 2 saturated carbocycles. The minimum absolute atomic E-state index is 0.0579. The normalized spacial score (nSPS) is 27.5. The molecule has 3 aliphatic rings. The fourth-order valence-corrected chi connectivity index (χ4v) is 5.32. The predicted molar refractivity (Wildman–Crippen MR) is 103 cm³/mol. The highest BCUT2D eigenvalue weighted by atomic mass is 16.2. The minimum Gasteiger partial charge on any atom is -0.326 e. The van der Waals surface area contributed by atoms with Crippen molar-refractivity contribution in [3.63, 3.8) is 0 Å². The molecule has 4 atom stereocenters. The van der Waals surface area contributed by atoms with Gasteiger partial charge in [-0.05, 0) is 48.8 Å². The van der Waals surface area contributed by atoms with E-state index >= 15 is 0 Å². The van der Waals surface area contributed by atoms with Gasteiger partial charge in [-0.25, -0.2) is 9.67 Å². The van der Waals surface area contributed by atoms with Gasteiger partial charge in [0.05, 0.1) is 18.4 Å². The molecule has 0 spiro atoms. The fourth-order valence-electron chi connectivity index (χ4n) is 5.32. The van der Waals surface area contributed by atoms with Crippen molar-refractivity contribution in [2.24, 2.45) is 23.7 Å². The zero-order chi connectivity index (χ0) is 20.0. The number of anilines is 1. The molecule has 1 aliphatic heterocycles. The molecule has 1 N–H and O–H groups in total. The monoisotopic (exact) mass is 393 g/mol. The van der Waals surface area contributed by atoms with Crippen LogP contribution in [-0.4, -0.2) is 43.9 Å². The van der Waals surface area contributed by atoms with Crippen molar-refractivity contribution in [2.45, 2.75) is 32.2 Å². The lowest BCUT2D eigenvalue weighted by molar-refractivity contribution is -0.140. The Bertz CT molecular complexity index is 912. The third-order valence-corrected chi connectivity index (χ3v) is 6.63. The zero-order valence-electron chi connectivity index (χ0n) is 16.0. The molecular weight excluding hydrogens is 370 g/mol. The summed E-state index contributed by atoms with van der Waals surface area (Å²) in [5.41, 5.74) is 1.73. The molecule has 1 aromatic carbocycles. The van der Waals surface area contributed by atoms with Crippen LogP contribution in [0.2, 0.25) is 0 Å². The van der Waals surface area contributed by atoms with Crippen LogP contribution in [0.15, 0.2) is 36.9 Å². The molecular formula is C21H23N5O3. The molecule has 0 unspecified atom stereocenters. The molecule has 8 heteroatoms. The van der Waals surface area contributed by atoms with E-state index in [4.69, 9.17) is 0 Å². The lowest BCUT2D eigenvalue weighted by Gasteiger charge is -2.19. The first-order chi connectivity index (χ1) is 14.1. The second kappa shape index (κ2) is 7.09. The van der Waals surface area contributed by atoms with E-state index in [-0.39, 0.29) is 42.5 Å². The first-order valence-corrected chi connectivity index (χ1v) is 10.2. The van der Waals surface area contributed by atoms with Crippen LogP contribution in [-0.2, 0) is 20.9 Å². The van der Waals surface area contributed by atoms with Gasteiger partial charge in [0.1, 0.15) is 12.7 Å². The van der Waals surface area contributed by atoms with E-state index in [0.717, 1.165) is 24.8 Å². The maximum Gasteiger partial charge on any atom is 0.233 e. The number of benzene rings is 1. The largest absolute Gasteiger partial charge is 0.326 e. The molecule has 1 saturated heterocycles. The van der Waals surface area contributed by atoms with Crippen LogP contribution < -0.4 is 5.32 Å². The van der Waals surface area contributed by atoms with Gasteiger partial charge < -0.3 is 5.32 Å². The SMILES string of the molecule is O=C(CCN1C(=O)[C@H]2[C@H]3CC[C@@H](C3)[C@@H]2C1=O)Nc1ccc(Cn2cncn2)cc1. The highest BCUT2D eigenvalue weighted by Crippen LogP contribution is 2.56. The summed E-state index contributed by atoms with van der Waals surface area (Å²) in [6.07, 6.45) is 6.40. The average Bonchev–Trinajstić information content (AvgIpc) is 3.49. The first-order valence-electron chi connectivity index (χ1n) is 10.2. The molecule has 2 heterocycles. The van der Waals surface area contributed by atoms with E-state index in [1.54, 1.807) is 11.0 Å². The molecule has 8 nitrogen and oxygen atoms in total. The third kappa shape index (κ3) is 3.22. The molecule has 5 rings (SSSR count). The third-order valence-electron chi connectivity index (χ3n) is 6.63. The van der Waals surface area contributed by atoms with Gasteiger partial charge in [0.2, 0.25) is 17.7 Å². The highest BCUT2D eigenvalue weighted by Gasteiger charge is 2.60. The molecule has 2 aliphatic carbocycles. The second-order valence-corrected chi connectivity index (χ2v) is 8.30. The van der Waals surface area contributed by atoms with Gasteiger partial charge in [0.15, 0.2) is 0 Å². The standard InChI is InChI=1S/C21H23N5O3/c27-17(24-16-5-1-13(2-6-16)10-25-12-22-11-23-25)7-8-26-20(28)18-14-3-4-15(9-14)19(18)21(26)29/h1-2,5-6,11-12,14-15,18-19H,3-4,7-10H2,(H,24,27)/t14-,15-,18-,19-/m0/s1. The van der Waals surface area contributed by atoms with Gasteiger partial charge in [-0.1, -0.05) is 12.1 Å². The van der Waals surface area contributed by atoms with Crippen molar-refractivity contribution < 1.29 is 14.4 Å². The number of carbonyl (C=O) groups is 3. The summed E-state index contributed by atoms with van der Waals surface area (Å²) in [7, 11) is 0. The van der Waals surface area contributed by atoms with Gasteiger partial charge >= 0.3 is 0 Å². The Balaban J connectivity index is 1.15. The summed E-state index contributed by atoms with van der Waals surface area (Å²) in [5.74, 6) is 0.181. The van der Waals surface area contributed by atoms with E-state index < -0.39 is 0 Å². The number of nitrogens with one attached hydrogen (secondary N) is 1. The maximum absolute atomic E-state index is 12.7. The first kappa shape index (κ1) is 18.0. The molecule has 2 aromatic rings. The lowest BCUT2D eigenvalue weighted by atomic mass is 9.81. The van der Waals surface area contributed by atoms with Gasteiger partial charge in [-0.2, -0.15) is 5.10 Å². The van der Waals surface area contributed by atoms with Crippen molar-refractivity contribution in [1.29, 1.82) is 0 Å². The highest BCUT2D eigenvalue weighted by molar-refractivity contribution is 6.06. The Morgan fingerprint density at radius 1 is 1.07 bits per heavy atom. The summed E-state index contributed by atoms with van der Waals surface area (Å²) in [6, 6.07) is 7.50. The zero-order valence-corrected chi connectivity index (χ0v) is 16.0. The lowest BCUT2D eigenvalue weighted by Crippen LogP contribution is -2.35. The van der Waals surface area contributed by atoms with Gasteiger partial charge in [-0.3, -0.25) is 19.3 Å². The molecule has 150 valence electrons. The van der Waals surface area contributed by atoms with Crippen LogP contribution in [0.25, 0.3) is 0 Å². The molecule has 3 fully saturated rings. The number of hydrogen-bond acceptors (Lipinski definition) is 5. The van der Waals surface area contributed by atoms with Crippen LogP contribution in [0.4, 0.5) is 5.69 Å². The van der Waals surface area contributed by atoms with E-state index in [2.05, 4.69) is 15.4 Å². The van der Waals surface area contributed by atoms with Gasteiger partial charge in [-0.15, -0.1) is 0 Å². The van der Waals surface area contributed by atoms with E-state index in [1.165, 1.54) is 11.2 Å². The average molecular weight is 393 g/mol. The van der Waals surface area contributed by atoms with Crippen LogP contribution in [0.3, 0.4) is 0 Å². The van der Waals surface area contributed by atoms with Crippen LogP contribution in [0, 0.1) is 23.7 Å². The van der Waals surface area contributed by atoms with Crippen molar-refractivity contribution in [2.75, 3.05) is 11.9 Å². The Morgan fingerprint density at radius 2 is 1.76 bits per heavy atom. The summed E-state index contributed by atoms with van der Waals surface area (Å²) in [5, 5.41) is 6.91. The van der Waals surface area contributed by atoms with E-state index in [1.807, 2.05) is 24.3 Å².